The molecule has 4 rings (SSSR count). The van der Waals surface area contributed by atoms with E-state index in [2.05, 4.69) is 11.1 Å². The first-order chi connectivity index (χ1) is 11.7. The zero-order valence-corrected chi connectivity index (χ0v) is 13.7. The summed E-state index contributed by atoms with van der Waals surface area (Å²) >= 11 is 1.68. The van der Waals surface area contributed by atoms with Crippen LogP contribution in [0.15, 0.2) is 54.3 Å². The molecule has 0 spiro atoms. The van der Waals surface area contributed by atoms with Crippen molar-refractivity contribution >= 4 is 17.2 Å². The molecule has 3 aromatic rings. The quantitative estimate of drug-likeness (QED) is 0.721. The van der Waals surface area contributed by atoms with E-state index in [0.717, 1.165) is 25.1 Å². The fourth-order valence-electron chi connectivity index (χ4n) is 3.19. The van der Waals surface area contributed by atoms with Gasteiger partial charge < -0.3 is 4.90 Å². The van der Waals surface area contributed by atoms with Crippen molar-refractivity contribution in [2.75, 3.05) is 6.54 Å². The molecule has 1 aliphatic heterocycles. The van der Waals surface area contributed by atoms with Crippen molar-refractivity contribution in [3.63, 3.8) is 0 Å². The number of aromatic nitrogens is 2. The highest BCUT2D eigenvalue weighted by molar-refractivity contribution is 7.10. The molecule has 0 unspecified atom stereocenters. The van der Waals surface area contributed by atoms with Crippen LogP contribution in [0, 0.1) is 5.82 Å². The number of rotatable bonds is 3. The molecule has 1 fully saturated rings. The lowest BCUT2D eigenvalue weighted by atomic mass is 10.2. The van der Waals surface area contributed by atoms with E-state index in [0.29, 0.717) is 5.69 Å². The number of halogens is 1. The molecule has 0 saturated carbocycles. The monoisotopic (exact) mass is 341 g/mol. The molecule has 0 bridgehead atoms. The molecule has 1 aromatic carbocycles. The Morgan fingerprint density at radius 2 is 2.08 bits per heavy atom. The standard InChI is InChI=1S/C18H16FN3OS/c19-13-5-7-14(8-6-13)22-12-20-11-16(22)18(23)21-9-1-3-15(21)17-4-2-10-24-17/h2,4-8,10-12,15H,1,3,9H2/t15-/m1/s1. The van der Waals surface area contributed by atoms with Crippen LogP contribution in [0.5, 0.6) is 0 Å². The minimum absolute atomic E-state index is 0.0345. The van der Waals surface area contributed by atoms with Crippen molar-refractivity contribution in [2.24, 2.45) is 0 Å². The Kier molecular flexibility index (Phi) is 3.90. The molecular formula is C18H16FN3OS. The predicted molar refractivity (Wildman–Crippen MR) is 90.9 cm³/mol. The molecule has 4 nitrogen and oxygen atoms in total. The third-order valence-corrected chi connectivity index (χ3v) is 5.32. The van der Waals surface area contributed by atoms with Crippen molar-refractivity contribution in [1.82, 2.24) is 14.5 Å². The zero-order valence-electron chi connectivity index (χ0n) is 12.9. The summed E-state index contributed by atoms with van der Waals surface area (Å²) in [6.45, 7) is 0.746. The summed E-state index contributed by atoms with van der Waals surface area (Å²) in [7, 11) is 0. The van der Waals surface area contributed by atoms with Crippen LogP contribution in [0.4, 0.5) is 4.39 Å². The summed E-state index contributed by atoms with van der Waals surface area (Å²) < 4.78 is 14.9. The molecule has 1 aliphatic rings. The average molecular weight is 341 g/mol. The van der Waals surface area contributed by atoms with E-state index in [9.17, 15) is 9.18 Å². The highest BCUT2D eigenvalue weighted by Gasteiger charge is 2.32. The van der Waals surface area contributed by atoms with Gasteiger partial charge in [0.2, 0.25) is 0 Å². The zero-order chi connectivity index (χ0) is 16.5. The fraction of sp³-hybridized carbons (Fsp3) is 0.222. The average Bonchev–Trinajstić information content (AvgIpc) is 3.34. The van der Waals surface area contributed by atoms with Crippen LogP contribution in [-0.2, 0) is 0 Å². The third kappa shape index (κ3) is 2.63. The summed E-state index contributed by atoms with van der Waals surface area (Å²) in [6, 6.07) is 10.3. The maximum atomic E-state index is 13.1. The second-order valence-corrected chi connectivity index (χ2v) is 6.78. The van der Waals surface area contributed by atoms with Crippen LogP contribution in [0.1, 0.15) is 34.2 Å². The lowest BCUT2D eigenvalue weighted by Crippen LogP contribution is -2.31. The van der Waals surface area contributed by atoms with Gasteiger partial charge in [0.05, 0.1) is 18.6 Å². The number of nitrogens with zero attached hydrogens (tertiary/aromatic N) is 3. The Balaban J connectivity index is 1.66. The number of imidazole rings is 1. The summed E-state index contributed by atoms with van der Waals surface area (Å²) in [5, 5.41) is 2.04. The molecular weight excluding hydrogens is 325 g/mol. The molecule has 24 heavy (non-hydrogen) atoms. The van der Waals surface area contributed by atoms with E-state index in [-0.39, 0.29) is 17.8 Å². The van der Waals surface area contributed by atoms with Gasteiger partial charge in [0, 0.05) is 17.1 Å². The van der Waals surface area contributed by atoms with Gasteiger partial charge in [0.25, 0.3) is 5.91 Å². The number of likely N-dealkylation sites (tertiary alicyclic amines) is 1. The molecule has 1 saturated heterocycles. The Hall–Kier alpha value is -2.47. The lowest BCUT2D eigenvalue weighted by molar-refractivity contribution is 0.0729. The molecule has 6 heteroatoms. The van der Waals surface area contributed by atoms with E-state index in [1.165, 1.54) is 17.0 Å². The molecule has 3 heterocycles. The largest absolute Gasteiger partial charge is 0.329 e. The number of benzene rings is 1. The van der Waals surface area contributed by atoms with Crippen LogP contribution in [-0.4, -0.2) is 26.9 Å². The third-order valence-electron chi connectivity index (χ3n) is 4.35. The van der Waals surface area contributed by atoms with Gasteiger partial charge in [0.15, 0.2) is 0 Å². The number of hydrogen-bond donors (Lipinski definition) is 0. The fourth-order valence-corrected chi connectivity index (χ4v) is 4.07. The number of carbonyl (C=O) groups excluding carboxylic acids is 1. The van der Waals surface area contributed by atoms with Gasteiger partial charge in [-0.3, -0.25) is 9.36 Å². The van der Waals surface area contributed by atoms with E-state index in [4.69, 9.17) is 0 Å². The minimum Gasteiger partial charge on any atom is -0.329 e. The molecule has 1 atom stereocenters. The molecule has 0 N–H and O–H groups in total. The van der Waals surface area contributed by atoms with Gasteiger partial charge in [0.1, 0.15) is 11.5 Å². The normalized spacial score (nSPS) is 17.4. The second kappa shape index (κ2) is 6.20. The van der Waals surface area contributed by atoms with E-state index >= 15 is 0 Å². The Morgan fingerprint density at radius 3 is 2.83 bits per heavy atom. The van der Waals surface area contributed by atoms with Crippen LogP contribution < -0.4 is 0 Å². The Bertz CT molecular complexity index is 842. The molecule has 0 radical (unpaired) electrons. The van der Waals surface area contributed by atoms with Crippen LogP contribution in [0.3, 0.4) is 0 Å². The van der Waals surface area contributed by atoms with Gasteiger partial charge in [-0.25, -0.2) is 9.37 Å². The first-order valence-corrected chi connectivity index (χ1v) is 8.74. The smallest absolute Gasteiger partial charge is 0.273 e. The summed E-state index contributed by atoms with van der Waals surface area (Å²) in [5.74, 6) is -0.336. The summed E-state index contributed by atoms with van der Waals surface area (Å²) in [5.41, 5.74) is 1.23. The van der Waals surface area contributed by atoms with E-state index in [1.807, 2.05) is 16.3 Å². The van der Waals surface area contributed by atoms with Gasteiger partial charge >= 0.3 is 0 Å². The van der Waals surface area contributed by atoms with E-state index in [1.54, 1.807) is 40.6 Å². The van der Waals surface area contributed by atoms with Gasteiger partial charge in [-0.2, -0.15) is 0 Å². The number of amides is 1. The van der Waals surface area contributed by atoms with Crippen molar-refractivity contribution < 1.29 is 9.18 Å². The highest BCUT2D eigenvalue weighted by atomic mass is 32.1. The van der Waals surface area contributed by atoms with Crippen molar-refractivity contribution in [3.05, 3.63) is 70.7 Å². The van der Waals surface area contributed by atoms with Crippen LogP contribution >= 0.6 is 11.3 Å². The van der Waals surface area contributed by atoms with Crippen LogP contribution in [0.25, 0.3) is 5.69 Å². The maximum Gasteiger partial charge on any atom is 0.273 e. The summed E-state index contributed by atoms with van der Waals surface area (Å²) in [4.78, 5) is 20.3. The maximum absolute atomic E-state index is 13.1. The summed E-state index contributed by atoms with van der Waals surface area (Å²) in [6.07, 6.45) is 5.15. The van der Waals surface area contributed by atoms with Gasteiger partial charge in [-0.05, 0) is 48.6 Å². The van der Waals surface area contributed by atoms with Gasteiger partial charge in [-0.15, -0.1) is 11.3 Å². The highest BCUT2D eigenvalue weighted by Crippen LogP contribution is 2.35. The molecule has 2 aromatic heterocycles. The number of thiophene rings is 1. The second-order valence-electron chi connectivity index (χ2n) is 5.80. The molecule has 122 valence electrons. The molecule has 1 amide bonds. The van der Waals surface area contributed by atoms with Crippen molar-refractivity contribution in [2.45, 2.75) is 18.9 Å². The minimum atomic E-state index is -0.302. The number of carbonyl (C=O) groups is 1. The number of hydrogen-bond acceptors (Lipinski definition) is 3. The lowest BCUT2D eigenvalue weighted by Gasteiger charge is -2.24. The topological polar surface area (TPSA) is 38.1 Å². The predicted octanol–water partition coefficient (Wildman–Crippen LogP) is 4.05. The van der Waals surface area contributed by atoms with Crippen molar-refractivity contribution in [3.8, 4) is 5.69 Å². The first kappa shape index (κ1) is 15.1. The first-order valence-electron chi connectivity index (χ1n) is 7.87. The molecule has 0 aliphatic carbocycles. The SMILES string of the molecule is O=C(c1cncn1-c1ccc(F)cc1)N1CCC[C@@H]1c1cccs1. The Labute approximate surface area is 143 Å². The van der Waals surface area contributed by atoms with Crippen LogP contribution in [0.2, 0.25) is 0 Å². The van der Waals surface area contributed by atoms with Crippen molar-refractivity contribution in [1.29, 1.82) is 0 Å². The van der Waals surface area contributed by atoms with E-state index < -0.39 is 0 Å². The Morgan fingerprint density at radius 1 is 1.25 bits per heavy atom. The van der Waals surface area contributed by atoms with Gasteiger partial charge in [-0.1, -0.05) is 6.07 Å².